The molecule has 2 amide bonds. The van der Waals surface area contributed by atoms with Crippen molar-refractivity contribution in [2.75, 3.05) is 11.9 Å². The number of nitrogens with one attached hydrogen (secondary N) is 3. The summed E-state index contributed by atoms with van der Waals surface area (Å²) in [6, 6.07) is -0.177. The molecule has 0 aliphatic rings. The summed E-state index contributed by atoms with van der Waals surface area (Å²) in [5.41, 5.74) is 0. The molecule has 5 nitrogen and oxygen atoms in total. The number of imidazole rings is 1. The van der Waals surface area contributed by atoms with Gasteiger partial charge in [0.1, 0.15) is 11.6 Å². The van der Waals surface area contributed by atoms with E-state index in [2.05, 4.69) is 34.4 Å². The lowest BCUT2D eigenvalue weighted by Gasteiger charge is -2.04. The molecule has 0 unspecified atom stereocenters. The molecule has 0 atom stereocenters. The number of nitrogens with zero attached hydrogens (tertiary/aromatic N) is 1. The Hall–Kier alpha value is -1.52. The van der Waals surface area contributed by atoms with Crippen molar-refractivity contribution in [3.05, 3.63) is 12.0 Å². The van der Waals surface area contributed by atoms with E-state index >= 15 is 0 Å². The average molecular weight is 238 g/mol. The Morgan fingerprint density at radius 2 is 2.12 bits per heavy atom. The number of carbonyl (C=O) groups is 1. The Morgan fingerprint density at radius 1 is 1.35 bits per heavy atom. The van der Waals surface area contributed by atoms with Crippen molar-refractivity contribution in [3.63, 3.8) is 0 Å². The summed E-state index contributed by atoms with van der Waals surface area (Å²) in [5.74, 6) is 1.58. The maximum absolute atomic E-state index is 11.4. The molecule has 0 fully saturated rings. The van der Waals surface area contributed by atoms with E-state index in [9.17, 15) is 4.79 Å². The number of H-pyrrole nitrogens is 1. The molecule has 0 aliphatic heterocycles. The molecular weight excluding hydrogens is 216 g/mol. The van der Waals surface area contributed by atoms with Crippen molar-refractivity contribution < 1.29 is 4.79 Å². The van der Waals surface area contributed by atoms with Crippen LogP contribution in [0.1, 0.15) is 45.4 Å². The van der Waals surface area contributed by atoms with Crippen LogP contribution in [0.25, 0.3) is 0 Å². The van der Waals surface area contributed by atoms with Crippen LogP contribution in [-0.4, -0.2) is 22.5 Å². The Labute approximate surface area is 102 Å². The Kier molecular flexibility index (Phi) is 6.14. The smallest absolute Gasteiger partial charge is 0.320 e. The number of urea groups is 1. The molecule has 3 N–H and O–H groups in total. The monoisotopic (exact) mass is 238 g/mol. The zero-order valence-electron chi connectivity index (χ0n) is 10.7. The van der Waals surface area contributed by atoms with Gasteiger partial charge in [0.2, 0.25) is 0 Å². The van der Waals surface area contributed by atoms with Crippen LogP contribution >= 0.6 is 0 Å². The molecule has 1 aromatic rings. The summed E-state index contributed by atoms with van der Waals surface area (Å²) < 4.78 is 0. The molecule has 0 aromatic carbocycles. The maximum Gasteiger partial charge on any atom is 0.320 e. The molecule has 1 aromatic heterocycles. The molecule has 96 valence electrons. The highest BCUT2D eigenvalue weighted by molar-refractivity contribution is 5.88. The van der Waals surface area contributed by atoms with Crippen molar-refractivity contribution in [1.82, 2.24) is 15.3 Å². The Balaban J connectivity index is 2.30. The van der Waals surface area contributed by atoms with E-state index in [1.807, 2.05) is 0 Å². The number of hydrogen-bond acceptors (Lipinski definition) is 2. The molecule has 1 rings (SSSR count). The van der Waals surface area contributed by atoms with Crippen molar-refractivity contribution in [2.24, 2.45) is 0 Å². The van der Waals surface area contributed by atoms with Crippen molar-refractivity contribution in [2.45, 2.75) is 46.0 Å². The second kappa shape index (κ2) is 7.70. The fraction of sp³-hybridized carbons (Fsp3) is 0.667. The van der Waals surface area contributed by atoms with Gasteiger partial charge in [0.25, 0.3) is 0 Å². The van der Waals surface area contributed by atoms with Gasteiger partial charge in [-0.05, 0) is 12.8 Å². The van der Waals surface area contributed by atoms with Gasteiger partial charge in [-0.3, -0.25) is 5.32 Å². The molecular formula is C12H22N4O. The van der Waals surface area contributed by atoms with Crippen LogP contribution in [0.4, 0.5) is 10.6 Å². The number of rotatable bonds is 7. The molecule has 0 spiro atoms. The minimum atomic E-state index is -0.177. The third-order valence-corrected chi connectivity index (χ3v) is 2.46. The first kappa shape index (κ1) is 13.5. The second-order valence-electron chi connectivity index (χ2n) is 4.08. The van der Waals surface area contributed by atoms with E-state index in [1.165, 1.54) is 0 Å². The summed E-state index contributed by atoms with van der Waals surface area (Å²) in [6.07, 6.45) is 6.90. The lowest BCUT2D eigenvalue weighted by molar-refractivity contribution is 0.252. The van der Waals surface area contributed by atoms with Gasteiger partial charge in [0, 0.05) is 13.0 Å². The summed E-state index contributed by atoms with van der Waals surface area (Å²) in [5, 5.41) is 5.52. The van der Waals surface area contributed by atoms with Gasteiger partial charge < -0.3 is 10.3 Å². The van der Waals surface area contributed by atoms with Crippen LogP contribution in [0.2, 0.25) is 0 Å². The third-order valence-electron chi connectivity index (χ3n) is 2.46. The van der Waals surface area contributed by atoms with Crippen LogP contribution < -0.4 is 10.6 Å². The quantitative estimate of drug-likeness (QED) is 0.639. The number of aryl methyl sites for hydroxylation is 1. The van der Waals surface area contributed by atoms with Crippen LogP contribution in [0.15, 0.2) is 6.20 Å². The van der Waals surface area contributed by atoms with Gasteiger partial charge in [-0.15, -0.1) is 0 Å². The van der Waals surface area contributed by atoms with E-state index in [0.717, 1.165) is 37.9 Å². The predicted molar refractivity (Wildman–Crippen MR) is 69.1 cm³/mol. The fourth-order valence-electron chi connectivity index (χ4n) is 1.44. The summed E-state index contributed by atoms with van der Waals surface area (Å²) in [7, 11) is 0. The highest BCUT2D eigenvalue weighted by Gasteiger charge is 2.03. The largest absolute Gasteiger partial charge is 0.338 e. The Morgan fingerprint density at radius 3 is 2.82 bits per heavy atom. The van der Waals surface area contributed by atoms with Crippen LogP contribution in [-0.2, 0) is 6.42 Å². The minimum Gasteiger partial charge on any atom is -0.338 e. The minimum absolute atomic E-state index is 0.177. The summed E-state index contributed by atoms with van der Waals surface area (Å²) >= 11 is 0. The first-order valence-corrected chi connectivity index (χ1v) is 6.35. The average Bonchev–Trinajstić information content (AvgIpc) is 2.74. The molecule has 0 radical (unpaired) electrons. The van der Waals surface area contributed by atoms with E-state index in [0.29, 0.717) is 12.4 Å². The zero-order valence-corrected chi connectivity index (χ0v) is 10.7. The molecule has 17 heavy (non-hydrogen) atoms. The molecule has 0 bridgehead atoms. The third kappa shape index (κ3) is 5.38. The van der Waals surface area contributed by atoms with Crippen molar-refractivity contribution in [3.8, 4) is 0 Å². The van der Waals surface area contributed by atoms with Crippen LogP contribution in [0.5, 0.6) is 0 Å². The standard InChI is InChI=1S/C12H22N4O/c1-3-5-7-10-14-9-11(15-10)16-12(17)13-8-6-4-2/h9H,3-8H2,1-2H3,(H,14,15)(H2,13,16,17). The number of amides is 2. The van der Waals surface area contributed by atoms with E-state index in [-0.39, 0.29) is 6.03 Å². The molecule has 0 aliphatic carbocycles. The van der Waals surface area contributed by atoms with Gasteiger partial charge in [-0.1, -0.05) is 26.7 Å². The Bertz CT molecular complexity index is 335. The van der Waals surface area contributed by atoms with E-state index < -0.39 is 0 Å². The molecule has 1 heterocycles. The number of carbonyl (C=O) groups excluding carboxylic acids is 1. The topological polar surface area (TPSA) is 69.8 Å². The second-order valence-corrected chi connectivity index (χ2v) is 4.08. The molecule has 0 saturated heterocycles. The number of aromatic nitrogens is 2. The first-order valence-electron chi connectivity index (χ1n) is 6.35. The highest BCUT2D eigenvalue weighted by Crippen LogP contribution is 2.05. The van der Waals surface area contributed by atoms with Gasteiger partial charge in [0.05, 0.1) is 6.20 Å². The SMILES string of the molecule is CCCCNC(=O)Nc1cnc(CCCC)[nH]1. The molecule has 0 saturated carbocycles. The van der Waals surface area contributed by atoms with Gasteiger partial charge >= 0.3 is 6.03 Å². The fourth-order valence-corrected chi connectivity index (χ4v) is 1.44. The number of hydrogen-bond donors (Lipinski definition) is 3. The summed E-state index contributed by atoms with van der Waals surface area (Å²) in [6.45, 7) is 4.94. The number of unbranched alkanes of at least 4 members (excludes halogenated alkanes) is 2. The van der Waals surface area contributed by atoms with Gasteiger partial charge in [-0.25, -0.2) is 9.78 Å². The van der Waals surface area contributed by atoms with Crippen molar-refractivity contribution >= 4 is 11.8 Å². The van der Waals surface area contributed by atoms with Gasteiger partial charge in [-0.2, -0.15) is 0 Å². The van der Waals surface area contributed by atoms with E-state index in [1.54, 1.807) is 6.20 Å². The van der Waals surface area contributed by atoms with E-state index in [4.69, 9.17) is 0 Å². The lowest BCUT2D eigenvalue weighted by Crippen LogP contribution is -2.29. The van der Waals surface area contributed by atoms with Gasteiger partial charge in [0.15, 0.2) is 0 Å². The number of aromatic amines is 1. The van der Waals surface area contributed by atoms with Crippen LogP contribution in [0.3, 0.4) is 0 Å². The lowest BCUT2D eigenvalue weighted by atomic mass is 10.2. The first-order chi connectivity index (χ1) is 8.26. The van der Waals surface area contributed by atoms with Crippen molar-refractivity contribution in [1.29, 1.82) is 0 Å². The highest BCUT2D eigenvalue weighted by atomic mass is 16.2. The van der Waals surface area contributed by atoms with Crippen LogP contribution in [0, 0.1) is 0 Å². The summed E-state index contributed by atoms with van der Waals surface area (Å²) in [4.78, 5) is 18.7. The number of anilines is 1. The predicted octanol–water partition coefficient (Wildman–Crippen LogP) is 2.67. The normalized spacial score (nSPS) is 10.2. The maximum atomic E-state index is 11.4. The molecule has 5 heteroatoms. The zero-order chi connectivity index (χ0) is 12.5.